The van der Waals surface area contributed by atoms with Crippen LogP contribution in [0.2, 0.25) is 0 Å². The predicted octanol–water partition coefficient (Wildman–Crippen LogP) is 1.38. The van der Waals surface area contributed by atoms with Crippen molar-refractivity contribution in [1.82, 2.24) is 4.90 Å². The fourth-order valence-corrected chi connectivity index (χ4v) is 2.27. The van der Waals surface area contributed by atoms with Crippen molar-refractivity contribution in [3.05, 3.63) is 0 Å². The summed E-state index contributed by atoms with van der Waals surface area (Å²) < 4.78 is 0. The molecule has 0 saturated carbocycles. The highest BCUT2D eigenvalue weighted by Crippen LogP contribution is 2.22. The molecule has 0 spiro atoms. The maximum Gasteiger partial charge on any atom is 0.0603 e. The lowest BCUT2D eigenvalue weighted by Gasteiger charge is -2.28. The lowest BCUT2D eigenvalue weighted by molar-refractivity contribution is 0.0517. The lowest BCUT2D eigenvalue weighted by atomic mass is 10.0. The van der Waals surface area contributed by atoms with Crippen molar-refractivity contribution in [3.63, 3.8) is 0 Å². The summed E-state index contributed by atoms with van der Waals surface area (Å²) in [6.45, 7) is 7.63. The second-order valence-electron chi connectivity index (χ2n) is 5.48. The van der Waals surface area contributed by atoms with Gasteiger partial charge in [-0.2, -0.15) is 0 Å². The van der Waals surface area contributed by atoms with Gasteiger partial charge >= 0.3 is 0 Å². The molecule has 1 rings (SSSR count). The second-order valence-corrected chi connectivity index (χ2v) is 5.48. The smallest absolute Gasteiger partial charge is 0.0603 e. The van der Waals surface area contributed by atoms with E-state index < -0.39 is 5.60 Å². The first-order valence-corrected chi connectivity index (χ1v) is 6.03. The maximum absolute atomic E-state index is 9.67. The van der Waals surface area contributed by atoms with Crippen LogP contribution in [0.1, 0.15) is 46.5 Å². The monoisotopic (exact) mass is 215 g/mol. The van der Waals surface area contributed by atoms with Gasteiger partial charge in [-0.1, -0.05) is 0 Å². The van der Waals surface area contributed by atoms with Crippen LogP contribution in [0, 0.1) is 0 Å². The Bertz CT molecular complexity index is 187. The van der Waals surface area contributed by atoms with Crippen LogP contribution in [-0.4, -0.2) is 45.9 Å². The van der Waals surface area contributed by atoms with Gasteiger partial charge in [0, 0.05) is 12.6 Å². The van der Waals surface area contributed by atoms with E-state index in [4.69, 9.17) is 0 Å². The van der Waals surface area contributed by atoms with Crippen LogP contribution in [0.3, 0.4) is 0 Å². The highest BCUT2D eigenvalue weighted by Gasteiger charge is 2.26. The van der Waals surface area contributed by atoms with Crippen molar-refractivity contribution < 1.29 is 10.2 Å². The third kappa shape index (κ3) is 4.96. The third-order valence-corrected chi connectivity index (χ3v) is 3.12. The van der Waals surface area contributed by atoms with Gasteiger partial charge < -0.3 is 15.1 Å². The van der Waals surface area contributed by atoms with E-state index in [2.05, 4.69) is 4.90 Å². The SMILES string of the molecule is CC(O)CC1CCCN1CCC(C)(C)O. The predicted molar refractivity (Wildman–Crippen MR) is 61.8 cm³/mol. The van der Waals surface area contributed by atoms with Crippen molar-refractivity contribution in [3.8, 4) is 0 Å². The van der Waals surface area contributed by atoms with E-state index >= 15 is 0 Å². The van der Waals surface area contributed by atoms with Crippen molar-refractivity contribution in [2.24, 2.45) is 0 Å². The molecule has 2 N–H and O–H groups in total. The summed E-state index contributed by atoms with van der Waals surface area (Å²) >= 11 is 0. The largest absolute Gasteiger partial charge is 0.393 e. The maximum atomic E-state index is 9.67. The molecule has 15 heavy (non-hydrogen) atoms. The van der Waals surface area contributed by atoms with E-state index in [1.165, 1.54) is 12.8 Å². The Labute approximate surface area is 93.1 Å². The van der Waals surface area contributed by atoms with Crippen molar-refractivity contribution in [2.75, 3.05) is 13.1 Å². The van der Waals surface area contributed by atoms with Crippen LogP contribution in [0.15, 0.2) is 0 Å². The highest BCUT2D eigenvalue weighted by atomic mass is 16.3. The quantitative estimate of drug-likeness (QED) is 0.728. The molecule has 2 atom stereocenters. The number of aliphatic hydroxyl groups is 2. The van der Waals surface area contributed by atoms with Gasteiger partial charge in [-0.3, -0.25) is 0 Å². The molecule has 1 fully saturated rings. The fraction of sp³-hybridized carbons (Fsp3) is 1.00. The van der Waals surface area contributed by atoms with E-state index in [1.54, 1.807) is 0 Å². The third-order valence-electron chi connectivity index (χ3n) is 3.12. The molecular formula is C12H25NO2. The van der Waals surface area contributed by atoms with Crippen molar-refractivity contribution in [2.45, 2.75) is 64.2 Å². The first kappa shape index (κ1) is 12.9. The van der Waals surface area contributed by atoms with Crippen LogP contribution in [0.5, 0.6) is 0 Å². The summed E-state index contributed by atoms with van der Waals surface area (Å²) in [7, 11) is 0. The Morgan fingerprint density at radius 1 is 1.47 bits per heavy atom. The number of likely N-dealkylation sites (tertiary alicyclic amines) is 1. The molecule has 90 valence electrons. The minimum atomic E-state index is -0.571. The molecular weight excluding hydrogens is 190 g/mol. The number of hydrogen-bond donors (Lipinski definition) is 2. The fourth-order valence-electron chi connectivity index (χ4n) is 2.27. The molecule has 0 amide bonds. The van der Waals surface area contributed by atoms with Crippen LogP contribution in [0.4, 0.5) is 0 Å². The molecule has 0 aliphatic carbocycles. The average molecular weight is 215 g/mol. The Balaban J connectivity index is 2.33. The number of hydrogen-bond acceptors (Lipinski definition) is 3. The van der Waals surface area contributed by atoms with Gasteiger partial charge in [-0.15, -0.1) is 0 Å². The van der Waals surface area contributed by atoms with E-state index in [0.29, 0.717) is 6.04 Å². The molecule has 3 heteroatoms. The molecule has 0 aromatic rings. The minimum Gasteiger partial charge on any atom is -0.393 e. The molecule has 1 aliphatic heterocycles. The molecule has 1 saturated heterocycles. The Morgan fingerprint density at radius 3 is 2.67 bits per heavy atom. The number of nitrogens with zero attached hydrogens (tertiary/aromatic N) is 1. The summed E-state index contributed by atoms with van der Waals surface area (Å²) in [5, 5.41) is 19.1. The van der Waals surface area contributed by atoms with Crippen LogP contribution in [-0.2, 0) is 0 Å². The highest BCUT2D eigenvalue weighted by molar-refractivity contribution is 4.82. The lowest BCUT2D eigenvalue weighted by Crippen LogP contribution is -2.36. The molecule has 0 aromatic heterocycles. The summed E-state index contributed by atoms with van der Waals surface area (Å²) in [6.07, 6.45) is 3.88. The molecule has 1 aliphatic rings. The Morgan fingerprint density at radius 2 is 2.13 bits per heavy atom. The van der Waals surface area contributed by atoms with Gasteiger partial charge in [-0.25, -0.2) is 0 Å². The number of aliphatic hydroxyl groups excluding tert-OH is 1. The van der Waals surface area contributed by atoms with Crippen LogP contribution >= 0.6 is 0 Å². The average Bonchev–Trinajstić information content (AvgIpc) is 2.46. The summed E-state index contributed by atoms with van der Waals surface area (Å²) in [6, 6.07) is 0.521. The van der Waals surface area contributed by atoms with Crippen molar-refractivity contribution >= 4 is 0 Å². The van der Waals surface area contributed by atoms with Crippen LogP contribution < -0.4 is 0 Å². The van der Waals surface area contributed by atoms with Gasteiger partial charge in [0.05, 0.1) is 11.7 Å². The molecule has 2 unspecified atom stereocenters. The summed E-state index contributed by atoms with van der Waals surface area (Å²) in [5.74, 6) is 0. The van der Waals surface area contributed by atoms with E-state index in [1.807, 2.05) is 20.8 Å². The molecule has 0 radical (unpaired) electrons. The number of rotatable bonds is 5. The minimum absolute atomic E-state index is 0.210. The first-order chi connectivity index (χ1) is 6.88. The molecule has 0 bridgehead atoms. The van der Waals surface area contributed by atoms with Gasteiger partial charge in [0.25, 0.3) is 0 Å². The van der Waals surface area contributed by atoms with Gasteiger partial charge in [0.1, 0.15) is 0 Å². The first-order valence-electron chi connectivity index (χ1n) is 6.03. The summed E-state index contributed by atoms with van der Waals surface area (Å²) in [5.41, 5.74) is -0.571. The van der Waals surface area contributed by atoms with Crippen LogP contribution in [0.25, 0.3) is 0 Å². The zero-order valence-electron chi connectivity index (χ0n) is 10.2. The summed E-state index contributed by atoms with van der Waals surface area (Å²) in [4.78, 5) is 2.41. The zero-order chi connectivity index (χ0) is 11.5. The van der Waals surface area contributed by atoms with Gasteiger partial charge in [0.15, 0.2) is 0 Å². The second kappa shape index (κ2) is 5.28. The topological polar surface area (TPSA) is 43.7 Å². The van der Waals surface area contributed by atoms with E-state index in [9.17, 15) is 10.2 Å². The zero-order valence-corrected chi connectivity index (χ0v) is 10.2. The Hall–Kier alpha value is -0.120. The van der Waals surface area contributed by atoms with Crippen molar-refractivity contribution in [1.29, 1.82) is 0 Å². The standard InChI is InChI=1S/C12H25NO2/c1-10(14)9-11-5-4-7-13(11)8-6-12(2,3)15/h10-11,14-15H,4-9H2,1-3H3. The molecule has 1 heterocycles. The molecule has 0 aromatic carbocycles. The Kier molecular flexibility index (Phi) is 4.56. The van der Waals surface area contributed by atoms with Gasteiger partial charge in [0.2, 0.25) is 0 Å². The molecule has 3 nitrogen and oxygen atoms in total. The van der Waals surface area contributed by atoms with E-state index in [-0.39, 0.29) is 6.10 Å². The van der Waals surface area contributed by atoms with E-state index in [0.717, 1.165) is 25.9 Å². The van der Waals surface area contributed by atoms with Gasteiger partial charge in [-0.05, 0) is 53.0 Å². The normalized spacial score (nSPS) is 25.8.